The molecule has 0 fully saturated rings. The van der Waals surface area contributed by atoms with Crippen molar-refractivity contribution in [2.24, 2.45) is 7.05 Å². The van der Waals surface area contributed by atoms with Gasteiger partial charge in [-0.15, -0.1) is 5.10 Å². The third-order valence-corrected chi connectivity index (χ3v) is 2.01. The van der Waals surface area contributed by atoms with Crippen LogP contribution >= 0.6 is 0 Å². The van der Waals surface area contributed by atoms with Crippen molar-refractivity contribution in [3.8, 4) is 11.3 Å². The van der Waals surface area contributed by atoms with E-state index in [1.807, 2.05) is 0 Å². The van der Waals surface area contributed by atoms with Crippen LogP contribution in [0, 0.1) is 5.82 Å². The monoisotopic (exact) mass is 205 g/mol. The van der Waals surface area contributed by atoms with Gasteiger partial charge in [0.1, 0.15) is 17.8 Å². The third kappa shape index (κ3) is 1.76. The highest BCUT2D eigenvalue weighted by atomic mass is 19.1. The number of carbonyl (C=O) groups excluding carboxylic acids is 1. The zero-order valence-corrected chi connectivity index (χ0v) is 8.01. The summed E-state index contributed by atoms with van der Waals surface area (Å²) in [5.74, 6) is -0.416. The van der Waals surface area contributed by atoms with Gasteiger partial charge >= 0.3 is 0 Å². The first kappa shape index (κ1) is 9.51. The van der Waals surface area contributed by atoms with E-state index in [0.717, 1.165) is 0 Å². The van der Waals surface area contributed by atoms with Gasteiger partial charge in [0, 0.05) is 18.2 Å². The number of rotatable bonds is 2. The zero-order chi connectivity index (χ0) is 10.8. The highest BCUT2D eigenvalue weighted by Gasteiger charge is 2.09. The molecule has 0 spiro atoms. The Bertz CT molecular complexity index is 507. The summed E-state index contributed by atoms with van der Waals surface area (Å²) < 4.78 is 14.9. The normalized spacial score (nSPS) is 10.3. The molecule has 1 heterocycles. The Morgan fingerprint density at radius 2 is 2.27 bits per heavy atom. The molecular formula is C10H8FN3O. The molecular weight excluding hydrogens is 197 g/mol. The zero-order valence-electron chi connectivity index (χ0n) is 8.01. The van der Waals surface area contributed by atoms with Crippen molar-refractivity contribution in [1.82, 2.24) is 15.0 Å². The summed E-state index contributed by atoms with van der Waals surface area (Å²) in [5.41, 5.74) is 1.11. The second-order valence-corrected chi connectivity index (χ2v) is 3.13. The summed E-state index contributed by atoms with van der Waals surface area (Å²) in [4.78, 5) is 10.5. The SMILES string of the molecule is Cn1cc(-c2cc(C=O)ccc2F)nn1. The van der Waals surface area contributed by atoms with E-state index in [4.69, 9.17) is 0 Å². The molecule has 0 radical (unpaired) electrons. The third-order valence-electron chi connectivity index (χ3n) is 2.01. The minimum Gasteiger partial charge on any atom is -0.298 e. The average Bonchev–Trinajstić information content (AvgIpc) is 2.65. The van der Waals surface area contributed by atoms with Crippen molar-refractivity contribution >= 4 is 6.29 Å². The van der Waals surface area contributed by atoms with Gasteiger partial charge < -0.3 is 0 Å². The quantitative estimate of drug-likeness (QED) is 0.697. The number of aldehydes is 1. The summed E-state index contributed by atoms with van der Waals surface area (Å²) in [6, 6.07) is 4.11. The number of halogens is 1. The molecule has 4 nitrogen and oxygen atoms in total. The lowest BCUT2D eigenvalue weighted by molar-refractivity contribution is 0.112. The maximum absolute atomic E-state index is 13.4. The minimum absolute atomic E-state index is 0.285. The second kappa shape index (κ2) is 3.61. The number of aromatic nitrogens is 3. The first-order chi connectivity index (χ1) is 7.20. The Morgan fingerprint density at radius 3 is 2.87 bits per heavy atom. The lowest BCUT2D eigenvalue weighted by atomic mass is 10.1. The van der Waals surface area contributed by atoms with Gasteiger partial charge in [0.05, 0.1) is 6.20 Å². The Labute approximate surface area is 85.3 Å². The Kier molecular flexibility index (Phi) is 2.29. The van der Waals surface area contributed by atoms with Crippen molar-refractivity contribution in [3.63, 3.8) is 0 Å². The van der Waals surface area contributed by atoms with E-state index in [0.29, 0.717) is 17.5 Å². The van der Waals surface area contributed by atoms with Gasteiger partial charge in [0.15, 0.2) is 0 Å². The van der Waals surface area contributed by atoms with Crippen LogP contribution in [0.5, 0.6) is 0 Å². The molecule has 2 aromatic rings. The van der Waals surface area contributed by atoms with Gasteiger partial charge in [-0.3, -0.25) is 9.48 Å². The maximum atomic E-state index is 13.4. The largest absolute Gasteiger partial charge is 0.298 e. The van der Waals surface area contributed by atoms with Crippen LogP contribution < -0.4 is 0 Å². The second-order valence-electron chi connectivity index (χ2n) is 3.13. The Morgan fingerprint density at radius 1 is 1.47 bits per heavy atom. The maximum Gasteiger partial charge on any atom is 0.150 e. The van der Waals surface area contributed by atoms with Crippen LogP contribution in [0.15, 0.2) is 24.4 Å². The Hall–Kier alpha value is -2.04. The number of nitrogens with zero attached hydrogens (tertiary/aromatic N) is 3. The van der Waals surface area contributed by atoms with E-state index in [-0.39, 0.29) is 5.56 Å². The van der Waals surface area contributed by atoms with E-state index < -0.39 is 5.82 Å². The van der Waals surface area contributed by atoms with Crippen LogP contribution in [-0.2, 0) is 7.05 Å². The first-order valence-electron chi connectivity index (χ1n) is 4.32. The highest BCUT2D eigenvalue weighted by molar-refractivity contribution is 5.78. The molecule has 1 aromatic carbocycles. The molecule has 0 amide bonds. The van der Waals surface area contributed by atoms with Crippen molar-refractivity contribution in [2.75, 3.05) is 0 Å². The van der Waals surface area contributed by atoms with E-state index in [9.17, 15) is 9.18 Å². The summed E-state index contributed by atoms with van der Waals surface area (Å²) in [7, 11) is 1.69. The number of hydrogen-bond donors (Lipinski definition) is 0. The fraction of sp³-hybridized carbons (Fsp3) is 0.100. The molecule has 0 aliphatic heterocycles. The average molecular weight is 205 g/mol. The molecule has 0 saturated heterocycles. The molecule has 0 aliphatic rings. The van der Waals surface area contributed by atoms with Gasteiger partial charge in [-0.1, -0.05) is 5.21 Å². The fourth-order valence-corrected chi connectivity index (χ4v) is 1.28. The van der Waals surface area contributed by atoms with Crippen LogP contribution in [0.2, 0.25) is 0 Å². The van der Waals surface area contributed by atoms with Gasteiger partial charge in [-0.05, 0) is 18.2 Å². The number of carbonyl (C=O) groups is 1. The minimum atomic E-state index is -0.416. The lowest BCUT2D eigenvalue weighted by Gasteiger charge is -1.98. The summed E-state index contributed by atoms with van der Waals surface area (Å²) >= 11 is 0. The van der Waals surface area contributed by atoms with Crippen LogP contribution in [-0.4, -0.2) is 21.3 Å². The molecule has 76 valence electrons. The highest BCUT2D eigenvalue weighted by Crippen LogP contribution is 2.20. The molecule has 0 bridgehead atoms. The van der Waals surface area contributed by atoms with E-state index >= 15 is 0 Å². The van der Waals surface area contributed by atoms with Gasteiger partial charge in [0.2, 0.25) is 0 Å². The van der Waals surface area contributed by atoms with Crippen molar-refractivity contribution < 1.29 is 9.18 Å². The van der Waals surface area contributed by atoms with E-state index in [1.165, 1.54) is 22.9 Å². The predicted molar refractivity (Wildman–Crippen MR) is 51.8 cm³/mol. The molecule has 0 atom stereocenters. The number of hydrogen-bond acceptors (Lipinski definition) is 3. The molecule has 5 heteroatoms. The molecule has 15 heavy (non-hydrogen) atoms. The Balaban J connectivity index is 2.55. The van der Waals surface area contributed by atoms with Gasteiger partial charge in [0.25, 0.3) is 0 Å². The molecule has 0 aliphatic carbocycles. The standard InChI is InChI=1S/C10H8FN3O/c1-14-5-10(12-13-14)8-4-7(6-15)2-3-9(8)11/h2-6H,1H3. The van der Waals surface area contributed by atoms with Crippen LogP contribution in [0.25, 0.3) is 11.3 Å². The van der Waals surface area contributed by atoms with Crippen LogP contribution in [0.3, 0.4) is 0 Å². The summed E-state index contributed by atoms with van der Waals surface area (Å²) in [6.07, 6.45) is 2.26. The fourth-order valence-electron chi connectivity index (χ4n) is 1.28. The van der Waals surface area contributed by atoms with Gasteiger partial charge in [-0.2, -0.15) is 0 Å². The first-order valence-corrected chi connectivity index (χ1v) is 4.32. The molecule has 2 rings (SSSR count). The van der Waals surface area contributed by atoms with Gasteiger partial charge in [-0.25, -0.2) is 4.39 Å². The number of benzene rings is 1. The van der Waals surface area contributed by atoms with Crippen LogP contribution in [0.1, 0.15) is 10.4 Å². The van der Waals surface area contributed by atoms with Crippen molar-refractivity contribution in [3.05, 3.63) is 35.8 Å². The summed E-state index contributed by atoms with van der Waals surface area (Å²) in [5, 5.41) is 7.48. The van der Waals surface area contributed by atoms with Crippen molar-refractivity contribution in [1.29, 1.82) is 0 Å². The lowest BCUT2D eigenvalue weighted by Crippen LogP contribution is -1.88. The smallest absolute Gasteiger partial charge is 0.150 e. The predicted octanol–water partition coefficient (Wildman–Crippen LogP) is 1.43. The molecule has 0 N–H and O–H groups in total. The van der Waals surface area contributed by atoms with Crippen LogP contribution in [0.4, 0.5) is 4.39 Å². The van der Waals surface area contributed by atoms with E-state index in [1.54, 1.807) is 13.2 Å². The molecule has 0 unspecified atom stereocenters. The molecule has 1 aromatic heterocycles. The molecule has 0 saturated carbocycles. The summed E-state index contributed by atoms with van der Waals surface area (Å²) in [6.45, 7) is 0. The topological polar surface area (TPSA) is 47.8 Å². The van der Waals surface area contributed by atoms with Crippen molar-refractivity contribution in [2.45, 2.75) is 0 Å². The van der Waals surface area contributed by atoms with E-state index in [2.05, 4.69) is 10.3 Å². The number of aryl methyl sites for hydroxylation is 1.